The van der Waals surface area contributed by atoms with Crippen molar-refractivity contribution in [3.05, 3.63) is 11.1 Å². The smallest absolute Gasteiger partial charge is 0.0198 e. The molecule has 1 saturated carbocycles. The van der Waals surface area contributed by atoms with E-state index in [1.807, 2.05) is 0 Å². The standard InChI is InChI=1S/C16H30/c1-6-14(5)16(7-2)15-9-8-12(3)10-13(4)11-15/h12-13,15H,6-11H2,1-5H3. The van der Waals surface area contributed by atoms with Crippen LogP contribution in [0.4, 0.5) is 0 Å². The third kappa shape index (κ3) is 3.64. The van der Waals surface area contributed by atoms with Gasteiger partial charge in [0.1, 0.15) is 0 Å². The summed E-state index contributed by atoms with van der Waals surface area (Å²) in [5.41, 5.74) is 3.44. The molecule has 0 aromatic heterocycles. The van der Waals surface area contributed by atoms with Gasteiger partial charge in [0, 0.05) is 0 Å². The quantitative estimate of drug-likeness (QED) is 0.431. The van der Waals surface area contributed by atoms with Crippen LogP contribution in [-0.4, -0.2) is 0 Å². The third-order valence-corrected chi connectivity index (χ3v) is 4.45. The Morgan fingerprint density at radius 3 is 2.19 bits per heavy atom. The summed E-state index contributed by atoms with van der Waals surface area (Å²) in [5.74, 6) is 2.76. The molecular formula is C16H30. The lowest BCUT2D eigenvalue weighted by atomic mass is 9.84. The molecule has 0 aromatic rings. The van der Waals surface area contributed by atoms with Crippen molar-refractivity contribution in [2.45, 2.75) is 73.1 Å². The van der Waals surface area contributed by atoms with Gasteiger partial charge in [0.15, 0.2) is 0 Å². The van der Waals surface area contributed by atoms with E-state index in [4.69, 9.17) is 0 Å². The fourth-order valence-electron chi connectivity index (χ4n) is 3.47. The van der Waals surface area contributed by atoms with E-state index in [0.29, 0.717) is 0 Å². The Morgan fingerprint density at radius 1 is 0.938 bits per heavy atom. The Balaban J connectivity index is 2.77. The second kappa shape index (κ2) is 6.47. The summed E-state index contributed by atoms with van der Waals surface area (Å²) in [7, 11) is 0. The van der Waals surface area contributed by atoms with Crippen molar-refractivity contribution in [3.63, 3.8) is 0 Å². The summed E-state index contributed by atoms with van der Waals surface area (Å²) < 4.78 is 0. The van der Waals surface area contributed by atoms with Crippen LogP contribution in [0.2, 0.25) is 0 Å². The Labute approximate surface area is 103 Å². The Bertz CT molecular complexity index is 236. The van der Waals surface area contributed by atoms with E-state index in [0.717, 1.165) is 17.8 Å². The van der Waals surface area contributed by atoms with Gasteiger partial charge in [0.25, 0.3) is 0 Å². The van der Waals surface area contributed by atoms with Crippen LogP contribution < -0.4 is 0 Å². The highest BCUT2D eigenvalue weighted by atomic mass is 14.3. The Morgan fingerprint density at radius 2 is 1.62 bits per heavy atom. The zero-order valence-electron chi connectivity index (χ0n) is 12.0. The molecule has 94 valence electrons. The highest BCUT2D eigenvalue weighted by Gasteiger charge is 2.23. The molecular weight excluding hydrogens is 192 g/mol. The minimum Gasteiger partial charge on any atom is -0.0741 e. The van der Waals surface area contributed by atoms with Crippen molar-refractivity contribution < 1.29 is 0 Å². The maximum absolute atomic E-state index is 2.45. The van der Waals surface area contributed by atoms with Gasteiger partial charge in [0.2, 0.25) is 0 Å². The lowest BCUT2D eigenvalue weighted by Gasteiger charge is -2.22. The lowest BCUT2D eigenvalue weighted by molar-refractivity contribution is 0.408. The largest absolute Gasteiger partial charge is 0.0741 e. The second-order valence-electron chi connectivity index (χ2n) is 5.97. The van der Waals surface area contributed by atoms with Gasteiger partial charge in [-0.2, -0.15) is 0 Å². The average molecular weight is 222 g/mol. The molecule has 0 radical (unpaired) electrons. The summed E-state index contributed by atoms with van der Waals surface area (Å²) in [5, 5.41) is 0. The second-order valence-corrected chi connectivity index (χ2v) is 5.97. The van der Waals surface area contributed by atoms with Gasteiger partial charge in [0.05, 0.1) is 0 Å². The van der Waals surface area contributed by atoms with Crippen LogP contribution >= 0.6 is 0 Å². The van der Waals surface area contributed by atoms with E-state index in [1.165, 1.54) is 38.5 Å². The fraction of sp³-hybridized carbons (Fsp3) is 0.875. The zero-order valence-corrected chi connectivity index (χ0v) is 12.0. The summed E-state index contributed by atoms with van der Waals surface area (Å²) in [6, 6.07) is 0. The summed E-state index contributed by atoms with van der Waals surface area (Å²) in [6.45, 7) is 11.9. The van der Waals surface area contributed by atoms with Crippen molar-refractivity contribution in [1.29, 1.82) is 0 Å². The van der Waals surface area contributed by atoms with Crippen LogP contribution in [0.5, 0.6) is 0 Å². The van der Waals surface area contributed by atoms with Crippen molar-refractivity contribution >= 4 is 0 Å². The van der Waals surface area contributed by atoms with Crippen LogP contribution in [0, 0.1) is 17.8 Å². The van der Waals surface area contributed by atoms with E-state index in [1.54, 1.807) is 11.1 Å². The van der Waals surface area contributed by atoms with Crippen LogP contribution in [-0.2, 0) is 0 Å². The van der Waals surface area contributed by atoms with Crippen molar-refractivity contribution in [2.75, 3.05) is 0 Å². The first-order chi connectivity index (χ1) is 7.58. The van der Waals surface area contributed by atoms with Gasteiger partial charge >= 0.3 is 0 Å². The minimum atomic E-state index is 0.893. The molecule has 1 aliphatic rings. The molecule has 0 saturated heterocycles. The Kier molecular flexibility index (Phi) is 5.58. The molecule has 1 fully saturated rings. The van der Waals surface area contributed by atoms with Gasteiger partial charge in [-0.1, -0.05) is 45.3 Å². The fourth-order valence-corrected chi connectivity index (χ4v) is 3.47. The first-order valence-corrected chi connectivity index (χ1v) is 7.26. The Hall–Kier alpha value is -0.260. The van der Waals surface area contributed by atoms with Crippen LogP contribution in [0.25, 0.3) is 0 Å². The van der Waals surface area contributed by atoms with Crippen molar-refractivity contribution in [3.8, 4) is 0 Å². The molecule has 0 nitrogen and oxygen atoms in total. The lowest BCUT2D eigenvalue weighted by Crippen LogP contribution is -2.08. The molecule has 3 atom stereocenters. The molecule has 0 spiro atoms. The van der Waals surface area contributed by atoms with Gasteiger partial charge in [-0.25, -0.2) is 0 Å². The highest BCUT2D eigenvalue weighted by Crippen LogP contribution is 2.37. The molecule has 0 heteroatoms. The summed E-state index contributed by atoms with van der Waals surface area (Å²) in [4.78, 5) is 0. The van der Waals surface area contributed by atoms with Crippen molar-refractivity contribution in [1.82, 2.24) is 0 Å². The van der Waals surface area contributed by atoms with Gasteiger partial charge < -0.3 is 0 Å². The van der Waals surface area contributed by atoms with E-state index in [-0.39, 0.29) is 0 Å². The van der Waals surface area contributed by atoms with Crippen LogP contribution in [0.1, 0.15) is 73.1 Å². The maximum Gasteiger partial charge on any atom is -0.0198 e. The average Bonchev–Trinajstić information content (AvgIpc) is 2.40. The van der Waals surface area contributed by atoms with Crippen molar-refractivity contribution in [2.24, 2.45) is 17.8 Å². The summed E-state index contributed by atoms with van der Waals surface area (Å²) in [6.07, 6.45) is 8.26. The highest BCUT2D eigenvalue weighted by molar-refractivity contribution is 5.15. The van der Waals surface area contributed by atoms with Gasteiger partial charge in [-0.15, -0.1) is 0 Å². The van der Waals surface area contributed by atoms with Crippen LogP contribution in [0.3, 0.4) is 0 Å². The molecule has 0 aromatic carbocycles. The molecule has 1 rings (SSSR count). The molecule has 0 N–H and O–H groups in total. The number of allylic oxidation sites excluding steroid dienone is 2. The van der Waals surface area contributed by atoms with Gasteiger partial charge in [-0.3, -0.25) is 0 Å². The number of hydrogen-bond acceptors (Lipinski definition) is 0. The van der Waals surface area contributed by atoms with E-state index < -0.39 is 0 Å². The molecule has 0 amide bonds. The SMILES string of the molecule is CCC(C)=C(CC)C1CCC(C)CC(C)C1. The molecule has 1 aliphatic carbocycles. The minimum absolute atomic E-state index is 0.893. The molecule has 16 heavy (non-hydrogen) atoms. The first kappa shape index (κ1) is 13.8. The first-order valence-electron chi connectivity index (χ1n) is 7.26. The van der Waals surface area contributed by atoms with Gasteiger partial charge in [-0.05, 0) is 56.8 Å². The van der Waals surface area contributed by atoms with Crippen LogP contribution in [0.15, 0.2) is 11.1 Å². The predicted molar refractivity (Wildman–Crippen MR) is 73.6 cm³/mol. The van der Waals surface area contributed by atoms with E-state index >= 15 is 0 Å². The molecule has 0 bridgehead atoms. The third-order valence-electron chi connectivity index (χ3n) is 4.45. The van der Waals surface area contributed by atoms with E-state index in [2.05, 4.69) is 34.6 Å². The molecule has 0 aliphatic heterocycles. The maximum atomic E-state index is 2.45. The normalized spacial score (nSPS) is 33.2. The predicted octanol–water partition coefficient (Wildman–Crippen LogP) is 5.59. The molecule has 3 unspecified atom stereocenters. The van der Waals surface area contributed by atoms with E-state index in [9.17, 15) is 0 Å². The number of rotatable bonds is 3. The monoisotopic (exact) mass is 222 g/mol. The number of hydrogen-bond donors (Lipinski definition) is 0. The topological polar surface area (TPSA) is 0 Å². The zero-order chi connectivity index (χ0) is 12.1. The summed E-state index contributed by atoms with van der Waals surface area (Å²) >= 11 is 0. The molecule has 0 heterocycles.